The van der Waals surface area contributed by atoms with Crippen LogP contribution < -0.4 is 10.6 Å². The highest BCUT2D eigenvalue weighted by Crippen LogP contribution is 2.31. The number of urea groups is 1. The third kappa shape index (κ3) is 4.71. The van der Waals surface area contributed by atoms with Crippen molar-refractivity contribution in [1.29, 1.82) is 0 Å². The molecule has 0 aliphatic carbocycles. The summed E-state index contributed by atoms with van der Waals surface area (Å²) < 4.78 is 37.6. The van der Waals surface area contributed by atoms with Gasteiger partial charge in [0.05, 0.1) is 18.3 Å². The van der Waals surface area contributed by atoms with E-state index in [-0.39, 0.29) is 12.2 Å². The third-order valence-electron chi connectivity index (χ3n) is 2.52. The lowest BCUT2D eigenvalue weighted by Crippen LogP contribution is -2.36. The molecule has 1 aromatic carbocycles. The lowest BCUT2D eigenvalue weighted by atomic mass is 10.1. The molecule has 0 bridgehead atoms. The van der Waals surface area contributed by atoms with E-state index < -0.39 is 30.5 Å². The molecule has 0 saturated heterocycles. The molecule has 4 N–H and O–H groups in total. The van der Waals surface area contributed by atoms with Crippen molar-refractivity contribution < 1.29 is 28.2 Å². The third-order valence-corrected chi connectivity index (χ3v) is 2.52. The molecule has 20 heavy (non-hydrogen) atoms. The lowest BCUT2D eigenvalue weighted by Gasteiger charge is -2.14. The highest BCUT2D eigenvalue weighted by atomic mass is 19.4. The summed E-state index contributed by atoms with van der Waals surface area (Å²) in [6.45, 7) is 0.821. The molecule has 112 valence electrons. The molecule has 8 heteroatoms. The minimum atomic E-state index is -4.49. The monoisotopic (exact) mass is 292 g/mol. The first kappa shape index (κ1) is 16.3. The Morgan fingerprint density at radius 2 is 2.05 bits per heavy atom. The first-order valence-electron chi connectivity index (χ1n) is 5.75. The highest BCUT2D eigenvalue weighted by molar-refractivity contribution is 5.90. The number of rotatable bonds is 4. The van der Waals surface area contributed by atoms with E-state index in [0.29, 0.717) is 5.56 Å². The Bertz CT molecular complexity index is 478. The molecule has 0 fully saturated rings. The molecule has 0 heterocycles. The summed E-state index contributed by atoms with van der Waals surface area (Å²) >= 11 is 0. The Balaban J connectivity index is 2.74. The van der Waals surface area contributed by atoms with E-state index in [1.807, 2.05) is 0 Å². The van der Waals surface area contributed by atoms with Crippen molar-refractivity contribution in [3.8, 4) is 0 Å². The Morgan fingerprint density at radius 1 is 1.40 bits per heavy atom. The van der Waals surface area contributed by atoms with Crippen molar-refractivity contribution in [3.63, 3.8) is 0 Å². The van der Waals surface area contributed by atoms with Gasteiger partial charge in [0, 0.05) is 12.2 Å². The molecule has 1 atom stereocenters. The van der Waals surface area contributed by atoms with Crippen molar-refractivity contribution >= 4 is 11.7 Å². The van der Waals surface area contributed by atoms with Crippen LogP contribution in [0.2, 0.25) is 0 Å². The molecule has 0 radical (unpaired) electrons. The molecule has 0 aliphatic rings. The Kier molecular flexibility index (Phi) is 5.34. The van der Waals surface area contributed by atoms with Gasteiger partial charge >= 0.3 is 12.2 Å². The Labute approximate surface area is 113 Å². The van der Waals surface area contributed by atoms with Crippen LogP contribution in [0.5, 0.6) is 0 Å². The van der Waals surface area contributed by atoms with Crippen molar-refractivity contribution in [1.82, 2.24) is 5.32 Å². The second-order valence-electron chi connectivity index (χ2n) is 4.20. The summed E-state index contributed by atoms with van der Waals surface area (Å²) in [6.07, 6.45) is -5.61. The number of anilines is 1. The van der Waals surface area contributed by atoms with Crippen molar-refractivity contribution in [2.75, 3.05) is 18.5 Å². The second kappa shape index (κ2) is 6.58. The molecule has 1 rings (SSSR count). The summed E-state index contributed by atoms with van der Waals surface area (Å²) in [5.74, 6) is 0. The maximum Gasteiger partial charge on any atom is 0.416 e. The van der Waals surface area contributed by atoms with Gasteiger partial charge in [-0.25, -0.2) is 4.79 Å². The number of benzene rings is 1. The minimum Gasteiger partial charge on any atom is -0.394 e. The first-order chi connectivity index (χ1) is 9.24. The number of aliphatic hydroxyl groups excluding tert-OH is 2. The zero-order chi connectivity index (χ0) is 15.3. The maximum absolute atomic E-state index is 12.5. The van der Waals surface area contributed by atoms with Gasteiger partial charge in [0.1, 0.15) is 0 Å². The Hall–Kier alpha value is -1.80. The van der Waals surface area contributed by atoms with E-state index in [4.69, 9.17) is 10.2 Å². The zero-order valence-electron chi connectivity index (χ0n) is 10.7. The highest BCUT2D eigenvalue weighted by Gasteiger charge is 2.30. The van der Waals surface area contributed by atoms with E-state index in [2.05, 4.69) is 10.6 Å². The summed E-state index contributed by atoms with van der Waals surface area (Å²) in [6, 6.07) is 2.24. The van der Waals surface area contributed by atoms with Gasteiger partial charge in [-0.1, -0.05) is 6.07 Å². The van der Waals surface area contributed by atoms with Crippen LogP contribution in [0.1, 0.15) is 11.1 Å². The van der Waals surface area contributed by atoms with Gasteiger partial charge in [-0.2, -0.15) is 13.2 Å². The molecule has 0 aromatic heterocycles. The fourth-order valence-electron chi connectivity index (χ4n) is 1.37. The Morgan fingerprint density at radius 3 is 2.60 bits per heavy atom. The number of carbonyl (C=O) groups is 1. The summed E-state index contributed by atoms with van der Waals surface area (Å²) in [5, 5.41) is 22.1. The van der Waals surface area contributed by atoms with Gasteiger partial charge in [-0.05, 0) is 24.6 Å². The molecule has 2 amide bonds. The van der Waals surface area contributed by atoms with Gasteiger partial charge in [-0.15, -0.1) is 0 Å². The maximum atomic E-state index is 12.5. The van der Waals surface area contributed by atoms with Crippen molar-refractivity contribution in [2.45, 2.75) is 19.2 Å². The minimum absolute atomic E-state index is 0.0239. The number of aryl methyl sites for hydroxylation is 1. The predicted octanol–water partition coefficient (Wildman–Crippen LogP) is 1.49. The number of hydrogen-bond acceptors (Lipinski definition) is 3. The van der Waals surface area contributed by atoms with Crippen LogP contribution >= 0.6 is 0 Å². The largest absolute Gasteiger partial charge is 0.416 e. The van der Waals surface area contributed by atoms with Crippen LogP contribution in [-0.4, -0.2) is 35.5 Å². The number of halogens is 3. The normalized spacial score (nSPS) is 12.9. The number of carbonyl (C=O) groups excluding carboxylic acids is 1. The molecule has 1 unspecified atom stereocenters. The quantitative estimate of drug-likeness (QED) is 0.678. The molecule has 5 nitrogen and oxygen atoms in total. The van der Waals surface area contributed by atoms with E-state index in [0.717, 1.165) is 12.1 Å². The average Bonchev–Trinajstić information content (AvgIpc) is 2.37. The fourth-order valence-corrected chi connectivity index (χ4v) is 1.37. The number of amides is 2. The molecule has 0 aliphatic heterocycles. The van der Waals surface area contributed by atoms with Crippen LogP contribution in [0.25, 0.3) is 0 Å². The van der Waals surface area contributed by atoms with E-state index in [1.54, 1.807) is 6.92 Å². The number of aliphatic hydroxyl groups is 2. The number of alkyl halides is 3. The first-order valence-corrected chi connectivity index (χ1v) is 5.75. The molecule has 0 spiro atoms. The smallest absolute Gasteiger partial charge is 0.394 e. The van der Waals surface area contributed by atoms with Crippen LogP contribution in [0.3, 0.4) is 0 Å². The summed E-state index contributed by atoms with van der Waals surface area (Å²) in [5.41, 5.74) is -0.375. The number of hydrogen-bond donors (Lipinski definition) is 4. The molecular weight excluding hydrogens is 277 g/mol. The van der Waals surface area contributed by atoms with E-state index >= 15 is 0 Å². The topological polar surface area (TPSA) is 81.6 Å². The zero-order valence-corrected chi connectivity index (χ0v) is 10.7. The SMILES string of the molecule is Cc1ccc(C(F)(F)F)cc1NC(=O)NCC(O)CO. The molecule has 0 saturated carbocycles. The van der Waals surface area contributed by atoms with Gasteiger partial charge in [0.25, 0.3) is 0 Å². The van der Waals surface area contributed by atoms with Crippen molar-refractivity contribution in [2.24, 2.45) is 0 Å². The summed E-state index contributed by atoms with van der Waals surface area (Å²) in [7, 11) is 0. The van der Waals surface area contributed by atoms with Gasteiger partial charge in [0.15, 0.2) is 0 Å². The van der Waals surface area contributed by atoms with Crippen LogP contribution in [-0.2, 0) is 6.18 Å². The van der Waals surface area contributed by atoms with Gasteiger partial charge in [0.2, 0.25) is 0 Å². The van der Waals surface area contributed by atoms with Crippen LogP contribution in [0.4, 0.5) is 23.7 Å². The van der Waals surface area contributed by atoms with Gasteiger partial charge < -0.3 is 20.8 Å². The van der Waals surface area contributed by atoms with E-state index in [9.17, 15) is 18.0 Å². The average molecular weight is 292 g/mol. The molecular formula is C12H15F3N2O3. The standard InChI is InChI=1S/C12H15F3N2O3/c1-7-2-3-8(12(13,14)15)4-10(7)17-11(20)16-5-9(19)6-18/h2-4,9,18-19H,5-6H2,1H3,(H2,16,17,20). The van der Waals surface area contributed by atoms with Crippen molar-refractivity contribution in [3.05, 3.63) is 29.3 Å². The predicted molar refractivity (Wildman–Crippen MR) is 66.3 cm³/mol. The fraction of sp³-hybridized carbons (Fsp3) is 0.417. The lowest BCUT2D eigenvalue weighted by molar-refractivity contribution is -0.137. The van der Waals surface area contributed by atoms with Crippen LogP contribution in [0, 0.1) is 6.92 Å². The molecule has 1 aromatic rings. The second-order valence-corrected chi connectivity index (χ2v) is 4.20. The number of nitrogens with one attached hydrogen (secondary N) is 2. The van der Waals surface area contributed by atoms with Gasteiger partial charge in [-0.3, -0.25) is 0 Å². The summed E-state index contributed by atoms with van der Waals surface area (Å²) in [4.78, 5) is 11.4. The van der Waals surface area contributed by atoms with Crippen LogP contribution in [0.15, 0.2) is 18.2 Å². The van der Waals surface area contributed by atoms with E-state index in [1.165, 1.54) is 6.07 Å².